The maximum atomic E-state index is 12.9. The average Bonchev–Trinajstić information content (AvgIpc) is 3.32. The summed E-state index contributed by atoms with van der Waals surface area (Å²) in [5, 5.41) is 11.6. The number of hydrogen-bond acceptors (Lipinski definition) is 5. The van der Waals surface area contributed by atoms with Gasteiger partial charge in [0.1, 0.15) is 5.76 Å². The second-order valence-corrected chi connectivity index (χ2v) is 6.83. The van der Waals surface area contributed by atoms with Crippen molar-refractivity contribution in [2.75, 3.05) is 0 Å². The van der Waals surface area contributed by atoms with E-state index in [1.165, 1.54) is 29.0 Å². The number of non-ortho nitro benzene ring substituents is 1. The highest BCUT2D eigenvalue weighted by Gasteiger charge is 2.19. The van der Waals surface area contributed by atoms with E-state index in [2.05, 4.69) is 15.9 Å². The number of nitro groups is 1. The van der Waals surface area contributed by atoms with Crippen LogP contribution >= 0.6 is 15.9 Å². The number of rotatable bonds is 4. The molecule has 28 heavy (non-hydrogen) atoms. The molecule has 4 aromatic rings. The van der Waals surface area contributed by atoms with Crippen molar-refractivity contribution in [2.45, 2.75) is 0 Å². The number of hydrogen-bond donors (Lipinski definition) is 0. The normalized spacial score (nSPS) is 10.9. The minimum atomic E-state index is -0.493. The number of halogens is 1. The number of benzene rings is 2. The lowest BCUT2D eigenvalue weighted by Crippen LogP contribution is -2.09. The van der Waals surface area contributed by atoms with Gasteiger partial charge in [0.2, 0.25) is 0 Å². The number of furan rings is 1. The highest BCUT2D eigenvalue weighted by atomic mass is 79.9. The molecule has 0 radical (unpaired) electrons. The van der Waals surface area contributed by atoms with Gasteiger partial charge in [0.15, 0.2) is 12.0 Å². The van der Waals surface area contributed by atoms with E-state index >= 15 is 0 Å². The van der Waals surface area contributed by atoms with Crippen LogP contribution in [0.5, 0.6) is 0 Å². The highest BCUT2D eigenvalue weighted by molar-refractivity contribution is 9.10. The summed E-state index contributed by atoms with van der Waals surface area (Å²) in [4.78, 5) is 34.6. The molecule has 2 aromatic carbocycles. The predicted octanol–water partition coefficient (Wildman–Crippen LogP) is 5.07. The lowest BCUT2D eigenvalue weighted by molar-refractivity contribution is -0.384. The fourth-order valence-electron chi connectivity index (χ4n) is 3.00. The van der Waals surface area contributed by atoms with Crippen molar-refractivity contribution in [3.8, 4) is 11.3 Å². The minimum absolute atomic E-state index is 0.0568. The molecule has 0 fully saturated rings. The fourth-order valence-corrected chi connectivity index (χ4v) is 3.56. The molecule has 2 aromatic heterocycles. The number of carbonyl (C=O) groups is 2. The largest absolute Gasteiger partial charge is 0.451 e. The minimum Gasteiger partial charge on any atom is -0.451 e. The van der Waals surface area contributed by atoms with Gasteiger partial charge in [-0.2, -0.15) is 0 Å². The highest BCUT2D eigenvalue weighted by Crippen LogP contribution is 2.33. The van der Waals surface area contributed by atoms with Crippen molar-refractivity contribution in [1.29, 1.82) is 0 Å². The second-order valence-electron chi connectivity index (χ2n) is 5.98. The molecule has 0 saturated carbocycles. The number of nitro benzene ring substituents is 1. The Morgan fingerprint density at radius 1 is 1.14 bits per heavy atom. The third-order valence-corrected chi connectivity index (χ3v) is 4.99. The van der Waals surface area contributed by atoms with Gasteiger partial charge < -0.3 is 4.42 Å². The summed E-state index contributed by atoms with van der Waals surface area (Å²) in [7, 11) is 0. The topological polar surface area (TPSA) is 95.3 Å². The molecule has 0 atom stereocenters. The van der Waals surface area contributed by atoms with Crippen LogP contribution in [-0.4, -0.2) is 21.7 Å². The van der Waals surface area contributed by atoms with Crippen LogP contribution in [0, 0.1) is 10.1 Å². The molecule has 0 amide bonds. The summed E-state index contributed by atoms with van der Waals surface area (Å²) >= 11 is 3.30. The molecule has 138 valence electrons. The van der Waals surface area contributed by atoms with E-state index < -0.39 is 10.8 Å². The van der Waals surface area contributed by atoms with Gasteiger partial charge in [0, 0.05) is 39.3 Å². The first-order valence-electron chi connectivity index (χ1n) is 8.13. The number of aromatic nitrogens is 1. The summed E-state index contributed by atoms with van der Waals surface area (Å²) in [5.41, 5.74) is 1.53. The van der Waals surface area contributed by atoms with Gasteiger partial charge >= 0.3 is 0 Å². The molecule has 0 unspecified atom stereocenters. The molecule has 4 rings (SSSR count). The Morgan fingerprint density at radius 2 is 1.93 bits per heavy atom. The Labute approximate surface area is 166 Å². The summed E-state index contributed by atoms with van der Waals surface area (Å²) in [5.74, 6) is 0.0456. The number of para-hydroxylation sites is 1. The van der Waals surface area contributed by atoms with Gasteiger partial charge in [0.25, 0.3) is 11.6 Å². The van der Waals surface area contributed by atoms with E-state index in [-0.39, 0.29) is 11.4 Å². The Morgan fingerprint density at radius 3 is 2.64 bits per heavy atom. The quantitative estimate of drug-likeness (QED) is 0.251. The monoisotopic (exact) mass is 438 g/mol. The van der Waals surface area contributed by atoms with Gasteiger partial charge in [-0.1, -0.05) is 18.2 Å². The Kier molecular flexibility index (Phi) is 4.40. The van der Waals surface area contributed by atoms with Crippen LogP contribution in [0.15, 0.2) is 69.7 Å². The van der Waals surface area contributed by atoms with Crippen LogP contribution < -0.4 is 0 Å². The van der Waals surface area contributed by atoms with E-state index in [1.54, 1.807) is 36.4 Å². The van der Waals surface area contributed by atoms with Crippen LogP contribution in [0.4, 0.5) is 5.69 Å². The van der Waals surface area contributed by atoms with Crippen molar-refractivity contribution in [3.05, 3.63) is 86.7 Å². The second kappa shape index (κ2) is 6.90. The number of carbonyl (C=O) groups excluding carboxylic acids is 2. The third kappa shape index (κ3) is 2.93. The van der Waals surface area contributed by atoms with E-state index in [9.17, 15) is 19.7 Å². The molecular weight excluding hydrogens is 428 g/mol. The molecule has 0 aliphatic heterocycles. The van der Waals surface area contributed by atoms with Crippen molar-refractivity contribution in [2.24, 2.45) is 0 Å². The molecule has 0 aliphatic carbocycles. The van der Waals surface area contributed by atoms with E-state index in [0.717, 1.165) is 0 Å². The van der Waals surface area contributed by atoms with Gasteiger partial charge in [-0.15, -0.1) is 0 Å². The lowest BCUT2D eigenvalue weighted by Gasteiger charge is -2.03. The smallest absolute Gasteiger partial charge is 0.298 e. The number of nitrogens with zero attached hydrogens (tertiary/aromatic N) is 2. The van der Waals surface area contributed by atoms with Crippen LogP contribution in [0.2, 0.25) is 0 Å². The Bertz CT molecular complexity index is 1250. The van der Waals surface area contributed by atoms with Crippen LogP contribution in [-0.2, 0) is 0 Å². The fraction of sp³-hybridized carbons (Fsp3) is 0. The summed E-state index contributed by atoms with van der Waals surface area (Å²) in [6, 6.07) is 14.5. The SMILES string of the molecule is O=Cc1cn(C(=O)c2ccc(-c3ccc([N+](=O)[O-])cc3Br)o2)c2ccccc12. The first-order chi connectivity index (χ1) is 13.5. The van der Waals surface area contributed by atoms with Gasteiger partial charge in [-0.3, -0.25) is 24.3 Å². The van der Waals surface area contributed by atoms with Crippen LogP contribution in [0.1, 0.15) is 20.9 Å². The number of aldehydes is 1. The molecule has 0 aliphatic rings. The standard InChI is InChI=1S/C20H11BrN2O5/c21-16-9-13(23(26)27)5-6-15(16)18-7-8-19(28-18)20(25)22-10-12(11-24)14-3-1-2-4-17(14)22/h1-11H. The van der Waals surface area contributed by atoms with Crippen LogP contribution in [0.25, 0.3) is 22.2 Å². The molecule has 0 saturated heterocycles. The zero-order valence-electron chi connectivity index (χ0n) is 14.2. The first-order valence-corrected chi connectivity index (χ1v) is 8.93. The van der Waals surface area contributed by atoms with Gasteiger partial charge in [0.05, 0.1) is 10.4 Å². The van der Waals surface area contributed by atoms with Crippen molar-refractivity contribution >= 4 is 44.7 Å². The summed E-state index contributed by atoms with van der Waals surface area (Å²) in [6.45, 7) is 0. The van der Waals surface area contributed by atoms with E-state index in [1.807, 2.05) is 0 Å². The van der Waals surface area contributed by atoms with Crippen molar-refractivity contribution in [1.82, 2.24) is 4.57 Å². The Balaban J connectivity index is 1.73. The molecule has 0 bridgehead atoms. The zero-order valence-corrected chi connectivity index (χ0v) is 15.8. The van der Waals surface area contributed by atoms with Gasteiger partial charge in [-0.05, 0) is 40.2 Å². The summed E-state index contributed by atoms with van der Waals surface area (Å²) in [6.07, 6.45) is 2.18. The zero-order chi connectivity index (χ0) is 19.8. The van der Waals surface area contributed by atoms with Crippen LogP contribution in [0.3, 0.4) is 0 Å². The molecule has 0 N–H and O–H groups in total. The summed E-state index contributed by atoms with van der Waals surface area (Å²) < 4.78 is 7.54. The van der Waals surface area contributed by atoms with Crippen molar-refractivity contribution in [3.63, 3.8) is 0 Å². The van der Waals surface area contributed by atoms with Gasteiger partial charge in [-0.25, -0.2) is 0 Å². The Hall–Kier alpha value is -3.52. The molecule has 7 nitrogen and oxygen atoms in total. The number of fused-ring (bicyclic) bond motifs is 1. The molecular formula is C20H11BrN2O5. The lowest BCUT2D eigenvalue weighted by atomic mass is 10.1. The molecule has 0 spiro atoms. The molecule has 2 heterocycles. The maximum Gasteiger partial charge on any atom is 0.298 e. The van der Waals surface area contributed by atoms with E-state index in [4.69, 9.17) is 4.42 Å². The maximum absolute atomic E-state index is 12.9. The molecule has 8 heteroatoms. The average molecular weight is 439 g/mol. The predicted molar refractivity (Wildman–Crippen MR) is 106 cm³/mol. The third-order valence-electron chi connectivity index (χ3n) is 4.33. The van der Waals surface area contributed by atoms with E-state index in [0.29, 0.717) is 38.5 Å². The first kappa shape index (κ1) is 17.9. The van der Waals surface area contributed by atoms with Crippen molar-refractivity contribution < 1.29 is 18.9 Å².